The number of alkyl halides is 1. The number of nitrogens with zero attached hydrogens (tertiary/aromatic N) is 2. The summed E-state index contributed by atoms with van der Waals surface area (Å²) in [6.45, 7) is 4.82. The minimum absolute atomic E-state index is 0.220. The van der Waals surface area contributed by atoms with Crippen LogP contribution in [0.4, 0.5) is 5.69 Å². The van der Waals surface area contributed by atoms with Crippen molar-refractivity contribution in [1.82, 2.24) is 4.90 Å². The Balaban J connectivity index is 1.74. The topological polar surface area (TPSA) is 32.8 Å². The Kier molecular flexibility index (Phi) is 4.66. The molecule has 0 N–H and O–H groups in total. The van der Waals surface area contributed by atoms with Crippen molar-refractivity contribution in [2.75, 3.05) is 43.6 Å². The summed E-state index contributed by atoms with van der Waals surface area (Å²) in [6.07, 6.45) is 0.587. The lowest BCUT2D eigenvalue weighted by atomic mass is 10.1. The predicted octanol–water partition coefficient (Wildman–Crippen LogP) is 2.11. The van der Waals surface area contributed by atoms with E-state index in [9.17, 15) is 4.79 Å². The molecule has 3 rings (SSSR count). The summed E-state index contributed by atoms with van der Waals surface area (Å²) in [5.74, 6) is 1.08. The second-order valence-electron chi connectivity index (χ2n) is 5.73. The van der Waals surface area contributed by atoms with E-state index < -0.39 is 0 Å². The van der Waals surface area contributed by atoms with Crippen LogP contribution in [0.25, 0.3) is 0 Å². The van der Waals surface area contributed by atoms with E-state index >= 15 is 0 Å². The highest BCUT2D eigenvalue weighted by Gasteiger charge is 2.29. The normalized spacial score (nSPS) is 22.9. The lowest BCUT2D eigenvalue weighted by Gasteiger charge is -2.31. The second kappa shape index (κ2) is 6.67. The van der Waals surface area contributed by atoms with E-state index in [1.54, 1.807) is 0 Å². The molecule has 0 spiro atoms. The summed E-state index contributed by atoms with van der Waals surface area (Å²) < 4.78 is 5.42. The molecule has 4 nitrogen and oxygen atoms in total. The van der Waals surface area contributed by atoms with Gasteiger partial charge in [-0.2, -0.15) is 0 Å². The third-order valence-electron chi connectivity index (χ3n) is 4.22. The summed E-state index contributed by atoms with van der Waals surface area (Å²) in [5.41, 5.74) is 2.44. The molecule has 0 radical (unpaired) electrons. The minimum atomic E-state index is 0.220. The van der Waals surface area contributed by atoms with Crippen LogP contribution in [0.3, 0.4) is 0 Å². The molecule has 114 valence electrons. The predicted molar refractivity (Wildman–Crippen MR) is 83.7 cm³/mol. The SMILES string of the molecule is O=C1CC(CCl)CN1Cc1ccccc1N1CCOCC1. The van der Waals surface area contributed by atoms with Crippen LogP contribution < -0.4 is 4.90 Å². The highest BCUT2D eigenvalue weighted by atomic mass is 35.5. The van der Waals surface area contributed by atoms with Crippen LogP contribution in [0.15, 0.2) is 24.3 Å². The maximum atomic E-state index is 12.1. The first-order valence-corrected chi connectivity index (χ1v) is 8.05. The number of likely N-dealkylation sites (tertiary alicyclic amines) is 1. The van der Waals surface area contributed by atoms with Gasteiger partial charge < -0.3 is 14.5 Å². The van der Waals surface area contributed by atoms with Gasteiger partial charge in [-0.25, -0.2) is 0 Å². The number of halogens is 1. The number of amides is 1. The van der Waals surface area contributed by atoms with Gasteiger partial charge >= 0.3 is 0 Å². The third-order valence-corrected chi connectivity index (χ3v) is 4.65. The van der Waals surface area contributed by atoms with Crippen LogP contribution in [-0.2, 0) is 16.1 Å². The molecule has 2 aliphatic heterocycles. The van der Waals surface area contributed by atoms with Gasteiger partial charge in [0.05, 0.1) is 13.2 Å². The standard InChI is InChI=1S/C16H21ClN2O2/c17-10-13-9-16(20)19(11-13)12-14-3-1-2-4-15(14)18-5-7-21-8-6-18/h1-4,13H,5-12H2. The Morgan fingerprint density at radius 3 is 2.71 bits per heavy atom. The largest absolute Gasteiger partial charge is 0.378 e. The van der Waals surface area contributed by atoms with Gasteiger partial charge in [-0.1, -0.05) is 18.2 Å². The van der Waals surface area contributed by atoms with E-state index in [1.165, 1.54) is 11.3 Å². The van der Waals surface area contributed by atoms with Crippen molar-refractivity contribution in [1.29, 1.82) is 0 Å². The van der Waals surface area contributed by atoms with E-state index in [1.807, 2.05) is 11.0 Å². The molecule has 2 fully saturated rings. The van der Waals surface area contributed by atoms with Crippen molar-refractivity contribution in [2.24, 2.45) is 5.92 Å². The van der Waals surface area contributed by atoms with Crippen molar-refractivity contribution in [3.63, 3.8) is 0 Å². The number of rotatable bonds is 4. The number of hydrogen-bond donors (Lipinski definition) is 0. The molecule has 5 heteroatoms. The highest BCUT2D eigenvalue weighted by Crippen LogP contribution is 2.26. The fourth-order valence-electron chi connectivity index (χ4n) is 3.07. The Morgan fingerprint density at radius 1 is 1.24 bits per heavy atom. The quantitative estimate of drug-likeness (QED) is 0.799. The molecule has 1 amide bonds. The minimum Gasteiger partial charge on any atom is -0.378 e. The van der Waals surface area contributed by atoms with Crippen LogP contribution in [0.5, 0.6) is 0 Å². The molecule has 0 bridgehead atoms. The Labute approximate surface area is 130 Å². The Bertz CT molecular complexity index is 503. The highest BCUT2D eigenvalue weighted by molar-refractivity contribution is 6.18. The molecular weight excluding hydrogens is 288 g/mol. The molecule has 1 aromatic carbocycles. The van der Waals surface area contributed by atoms with Crippen molar-refractivity contribution >= 4 is 23.2 Å². The van der Waals surface area contributed by atoms with Crippen molar-refractivity contribution in [3.8, 4) is 0 Å². The number of carbonyl (C=O) groups excluding carboxylic acids is 1. The van der Waals surface area contributed by atoms with Crippen LogP contribution in [0, 0.1) is 5.92 Å². The summed E-state index contributed by atoms with van der Waals surface area (Å²) in [7, 11) is 0. The zero-order valence-electron chi connectivity index (χ0n) is 12.1. The number of para-hydroxylation sites is 1. The number of morpholine rings is 1. The molecular formula is C16H21ClN2O2. The molecule has 2 aliphatic rings. The Morgan fingerprint density at radius 2 is 2.00 bits per heavy atom. The molecule has 21 heavy (non-hydrogen) atoms. The zero-order valence-corrected chi connectivity index (χ0v) is 12.9. The smallest absolute Gasteiger partial charge is 0.223 e. The fraction of sp³-hybridized carbons (Fsp3) is 0.562. The molecule has 0 saturated carbocycles. The lowest BCUT2D eigenvalue weighted by Crippen LogP contribution is -2.37. The van der Waals surface area contributed by atoms with Crippen molar-refractivity contribution < 1.29 is 9.53 Å². The van der Waals surface area contributed by atoms with E-state index in [0.717, 1.165) is 32.8 Å². The van der Waals surface area contributed by atoms with Gasteiger partial charge in [-0.05, 0) is 17.5 Å². The van der Waals surface area contributed by atoms with E-state index in [-0.39, 0.29) is 5.91 Å². The van der Waals surface area contributed by atoms with Gasteiger partial charge in [0.15, 0.2) is 0 Å². The Hall–Kier alpha value is -1.26. The van der Waals surface area contributed by atoms with Crippen molar-refractivity contribution in [2.45, 2.75) is 13.0 Å². The van der Waals surface area contributed by atoms with E-state index in [2.05, 4.69) is 23.1 Å². The summed E-state index contributed by atoms with van der Waals surface area (Å²) >= 11 is 5.89. The van der Waals surface area contributed by atoms with Crippen LogP contribution in [-0.4, -0.2) is 49.5 Å². The van der Waals surface area contributed by atoms with E-state index in [0.29, 0.717) is 24.8 Å². The summed E-state index contributed by atoms with van der Waals surface area (Å²) in [5, 5.41) is 0. The summed E-state index contributed by atoms with van der Waals surface area (Å²) in [6, 6.07) is 8.35. The van der Waals surface area contributed by atoms with Gasteiger partial charge in [0, 0.05) is 44.2 Å². The van der Waals surface area contributed by atoms with Crippen LogP contribution >= 0.6 is 11.6 Å². The summed E-state index contributed by atoms with van der Waals surface area (Å²) in [4.78, 5) is 16.4. The molecule has 2 heterocycles. The third kappa shape index (κ3) is 3.33. The zero-order chi connectivity index (χ0) is 14.7. The van der Waals surface area contributed by atoms with Gasteiger partial charge in [0.25, 0.3) is 0 Å². The second-order valence-corrected chi connectivity index (χ2v) is 6.04. The van der Waals surface area contributed by atoms with Crippen LogP contribution in [0.2, 0.25) is 0 Å². The molecule has 1 unspecified atom stereocenters. The number of hydrogen-bond acceptors (Lipinski definition) is 3. The molecule has 1 aromatic rings. The molecule has 0 aromatic heterocycles. The number of benzene rings is 1. The van der Waals surface area contributed by atoms with Gasteiger partial charge in [-0.3, -0.25) is 4.79 Å². The van der Waals surface area contributed by atoms with Gasteiger partial charge in [-0.15, -0.1) is 11.6 Å². The van der Waals surface area contributed by atoms with E-state index in [4.69, 9.17) is 16.3 Å². The first kappa shape index (κ1) is 14.7. The maximum Gasteiger partial charge on any atom is 0.223 e. The number of ether oxygens (including phenoxy) is 1. The molecule has 2 saturated heterocycles. The average Bonchev–Trinajstić information content (AvgIpc) is 2.89. The molecule has 1 atom stereocenters. The number of anilines is 1. The van der Waals surface area contributed by atoms with Gasteiger partial charge in [0.1, 0.15) is 0 Å². The maximum absolute atomic E-state index is 12.1. The van der Waals surface area contributed by atoms with Crippen LogP contribution in [0.1, 0.15) is 12.0 Å². The number of carbonyl (C=O) groups is 1. The molecule has 0 aliphatic carbocycles. The fourth-order valence-corrected chi connectivity index (χ4v) is 3.28. The monoisotopic (exact) mass is 308 g/mol. The average molecular weight is 309 g/mol. The van der Waals surface area contributed by atoms with Gasteiger partial charge in [0.2, 0.25) is 5.91 Å². The van der Waals surface area contributed by atoms with Crippen molar-refractivity contribution in [3.05, 3.63) is 29.8 Å². The first-order chi connectivity index (χ1) is 10.3. The first-order valence-electron chi connectivity index (χ1n) is 7.52. The lowest BCUT2D eigenvalue weighted by molar-refractivity contribution is -0.128.